The second-order valence-corrected chi connectivity index (χ2v) is 6.75. The predicted molar refractivity (Wildman–Crippen MR) is 92.7 cm³/mol. The maximum Gasteiger partial charge on any atom is 0.203 e. The van der Waals surface area contributed by atoms with Gasteiger partial charge in [0, 0.05) is 29.5 Å². The highest BCUT2D eigenvalue weighted by Gasteiger charge is 2.19. The first-order valence-corrected chi connectivity index (χ1v) is 8.91. The number of methoxy groups -OCH3 is 1. The Kier molecular flexibility index (Phi) is 5.34. The molecule has 0 amide bonds. The van der Waals surface area contributed by atoms with E-state index < -0.39 is 0 Å². The first kappa shape index (κ1) is 16.5. The minimum absolute atomic E-state index is 0.0587. The maximum atomic E-state index is 5.66. The van der Waals surface area contributed by atoms with Crippen molar-refractivity contribution in [2.24, 2.45) is 0 Å². The van der Waals surface area contributed by atoms with Gasteiger partial charge in [-0.3, -0.25) is 0 Å². The highest BCUT2D eigenvalue weighted by atomic mass is 79.9. The number of hydrogen-bond donors (Lipinski definition) is 1. The molecule has 0 aliphatic carbocycles. The first-order chi connectivity index (χ1) is 11.2. The Labute approximate surface area is 147 Å². The summed E-state index contributed by atoms with van der Waals surface area (Å²) in [5.41, 5.74) is 1.09. The lowest BCUT2D eigenvalue weighted by Gasteiger charge is -2.22. The summed E-state index contributed by atoms with van der Waals surface area (Å²) in [5.74, 6) is 2.35. The molecule has 23 heavy (non-hydrogen) atoms. The predicted octanol–water partition coefficient (Wildman–Crippen LogP) is 3.43. The number of ether oxygens (including phenoxy) is 3. The van der Waals surface area contributed by atoms with Crippen LogP contribution in [0.1, 0.15) is 24.4 Å². The zero-order valence-corrected chi connectivity index (χ0v) is 15.4. The summed E-state index contributed by atoms with van der Waals surface area (Å²) in [5, 5.41) is 4.18. The number of anilines is 1. The van der Waals surface area contributed by atoms with Crippen LogP contribution < -0.4 is 14.8 Å². The first-order valence-electron chi connectivity index (χ1n) is 7.34. The van der Waals surface area contributed by atoms with E-state index in [1.54, 1.807) is 7.11 Å². The lowest BCUT2D eigenvalue weighted by molar-refractivity contribution is 0.171. The number of fused-ring (bicyclic) bond motifs is 1. The minimum Gasteiger partial charge on any atom is -0.486 e. The molecule has 0 spiro atoms. The van der Waals surface area contributed by atoms with Crippen LogP contribution in [0.25, 0.3) is 0 Å². The lowest BCUT2D eigenvalue weighted by atomic mass is 10.1. The van der Waals surface area contributed by atoms with Crippen molar-refractivity contribution in [3.8, 4) is 11.5 Å². The van der Waals surface area contributed by atoms with Gasteiger partial charge >= 0.3 is 0 Å². The summed E-state index contributed by atoms with van der Waals surface area (Å²) in [4.78, 5) is 4.48. The third-order valence-electron chi connectivity index (χ3n) is 3.47. The van der Waals surface area contributed by atoms with Gasteiger partial charge in [0.15, 0.2) is 11.5 Å². The summed E-state index contributed by atoms with van der Waals surface area (Å²) < 4.78 is 21.6. The molecule has 1 aromatic carbocycles. The largest absolute Gasteiger partial charge is 0.486 e. The molecule has 1 aromatic heterocycles. The van der Waals surface area contributed by atoms with Crippen molar-refractivity contribution in [3.63, 3.8) is 0 Å². The molecule has 8 heteroatoms. The van der Waals surface area contributed by atoms with Crippen LogP contribution in [0.3, 0.4) is 0 Å². The number of nitrogens with one attached hydrogen (secondary N) is 1. The van der Waals surface area contributed by atoms with Gasteiger partial charge in [0.1, 0.15) is 19.0 Å². The number of benzene rings is 1. The van der Waals surface area contributed by atoms with Crippen molar-refractivity contribution in [2.45, 2.75) is 19.4 Å². The Morgan fingerprint density at radius 1 is 1.35 bits per heavy atom. The molecule has 1 unspecified atom stereocenters. The molecule has 2 aromatic rings. The van der Waals surface area contributed by atoms with E-state index in [-0.39, 0.29) is 6.04 Å². The van der Waals surface area contributed by atoms with E-state index in [0.717, 1.165) is 38.9 Å². The average Bonchev–Trinajstić information content (AvgIpc) is 2.99. The van der Waals surface area contributed by atoms with E-state index in [1.165, 1.54) is 11.5 Å². The van der Waals surface area contributed by atoms with Gasteiger partial charge in [-0.2, -0.15) is 4.37 Å². The van der Waals surface area contributed by atoms with E-state index in [4.69, 9.17) is 14.2 Å². The van der Waals surface area contributed by atoms with Crippen LogP contribution in [0.4, 0.5) is 5.13 Å². The Balaban J connectivity index is 1.72. The van der Waals surface area contributed by atoms with Crippen LogP contribution in [0.15, 0.2) is 16.6 Å². The number of hydrogen-bond acceptors (Lipinski definition) is 7. The molecule has 0 saturated carbocycles. The Morgan fingerprint density at radius 3 is 2.83 bits per heavy atom. The highest BCUT2D eigenvalue weighted by Crippen LogP contribution is 2.38. The van der Waals surface area contributed by atoms with Gasteiger partial charge in [0.2, 0.25) is 5.13 Å². The van der Waals surface area contributed by atoms with Crippen LogP contribution in [0.2, 0.25) is 0 Å². The third kappa shape index (κ3) is 3.94. The number of aromatic nitrogens is 2. The second-order valence-electron chi connectivity index (χ2n) is 5.14. The van der Waals surface area contributed by atoms with Crippen LogP contribution in [-0.4, -0.2) is 36.3 Å². The molecular formula is C15H18BrN3O3S. The second kappa shape index (κ2) is 7.46. The molecule has 1 aliphatic heterocycles. The molecular weight excluding hydrogens is 382 g/mol. The molecule has 0 saturated heterocycles. The van der Waals surface area contributed by atoms with Crippen molar-refractivity contribution in [1.29, 1.82) is 0 Å². The van der Waals surface area contributed by atoms with E-state index in [1.807, 2.05) is 12.1 Å². The number of rotatable bonds is 6. The fraction of sp³-hybridized carbons (Fsp3) is 0.467. The Morgan fingerprint density at radius 2 is 2.09 bits per heavy atom. The van der Waals surface area contributed by atoms with Crippen molar-refractivity contribution in [1.82, 2.24) is 9.36 Å². The molecule has 124 valence electrons. The normalized spacial score (nSPS) is 14.6. The Hall–Kier alpha value is -1.38. The SMILES string of the molecule is COCCc1nsc(NC(C)c2cc3c(cc2Br)OCCO3)n1. The highest BCUT2D eigenvalue weighted by molar-refractivity contribution is 9.10. The van der Waals surface area contributed by atoms with E-state index in [9.17, 15) is 0 Å². The number of halogens is 1. The molecule has 1 aliphatic rings. The van der Waals surface area contributed by atoms with Crippen LogP contribution in [0, 0.1) is 0 Å². The fourth-order valence-electron chi connectivity index (χ4n) is 2.28. The quantitative estimate of drug-likeness (QED) is 0.802. The number of nitrogens with zero attached hydrogens (tertiary/aromatic N) is 2. The van der Waals surface area contributed by atoms with Gasteiger partial charge in [-0.1, -0.05) is 15.9 Å². The van der Waals surface area contributed by atoms with Crippen molar-refractivity contribution >= 4 is 32.6 Å². The summed E-state index contributed by atoms with van der Waals surface area (Å²) in [6, 6.07) is 4.01. The molecule has 1 atom stereocenters. The lowest BCUT2D eigenvalue weighted by Crippen LogP contribution is -2.16. The smallest absolute Gasteiger partial charge is 0.203 e. The van der Waals surface area contributed by atoms with Gasteiger partial charge in [-0.25, -0.2) is 4.98 Å². The molecule has 0 bridgehead atoms. The standard InChI is InChI=1S/C15H18BrN3O3S/c1-9(17-15-18-14(19-23-15)3-4-20-2)10-7-12-13(8-11(10)16)22-6-5-21-12/h7-9H,3-6H2,1-2H3,(H,17,18,19). The van der Waals surface area contributed by atoms with Gasteiger partial charge in [-0.15, -0.1) is 0 Å². The van der Waals surface area contributed by atoms with Crippen LogP contribution in [-0.2, 0) is 11.2 Å². The molecule has 0 radical (unpaired) electrons. The summed E-state index contributed by atoms with van der Waals surface area (Å²) in [6.07, 6.45) is 0.719. The van der Waals surface area contributed by atoms with Gasteiger partial charge in [-0.05, 0) is 24.6 Å². The van der Waals surface area contributed by atoms with E-state index >= 15 is 0 Å². The summed E-state index contributed by atoms with van der Waals surface area (Å²) >= 11 is 4.96. The molecule has 0 fully saturated rings. The zero-order valence-electron chi connectivity index (χ0n) is 13.0. The van der Waals surface area contributed by atoms with Gasteiger partial charge < -0.3 is 19.5 Å². The molecule has 1 N–H and O–H groups in total. The zero-order chi connectivity index (χ0) is 16.2. The average molecular weight is 400 g/mol. The van der Waals surface area contributed by atoms with Crippen LogP contribution in [0.5, 0.6) is 11.5 Å². The summed E-state index contributed by atoms with van der Waals surface area (Å²) in [7, 11) is 1.67. The summed E-state index contributed by atoms with van der Waals surface area (Å²) in [6.45, 7) is 3.86. The van der Waals surface area contributed by atoms with Crippen LogP contribution >= 0.6 is 27.5 Å². The van der Waals surface area contributed by atoms with Crippen molar-refractivity contribution in [3.05, 3.63) is 28.0 Å². The third-order valence-corrected chi connectivity index (χ3v) is 4.84. The van der Waals surface area contributed by atoms with E-state index in [2.05, 4.69) is 37.5 Å². The molecule has 2 heterocycles. The monoisotopic (exact) mass is 399 g/mol. The van der Waals surface area contributed by atoms with Crippen molar-refractivity contribution < 1.29 is 14.2 Å². The topological polar surface area (TPSA) is 65.5 Å². The minimum atomic E-state index is 0.0587. The fourth-order valence-corrected chi connectivity index (χ4v) is 3.65. The maximum absolute atomic E-state index is 5.66. The van der Waals surface area contributed by atoms with Gasteiger partial charge in [0.05, 0.1) is 12.6 Å². The molecule has 3 rings (SSSR count). The van der Waals surface area contributed by atoms with Crippen molar-refractivity contribution in [2.75, 3.05) is 32.2 Å². The Bertz CT molecular complexity index is 680. The van der Waals surface area contributed by atoms with E-state index in [0.29, 0.717) is 19.8 Å². The van der Waals surface area contributed by atoms with Gasteiger partial charge in [0.25, 0.3) is 0 Å². The molecule has 6 nitrogen and oxygen atoms in total.